The molecule has 0 saturated carbocycles. The molecule has 0 atom stereocenters. The minimum Gasteiger partial charge on any atom is -0.451 e. The highest BCUT2D eigenvalue weighted by atomic mass is 32.1. The molecule has 0 aliphatic heterocycles. The zero-order valence-corrected chi connectivity index (χ0v) is 16.8. The van der Waals surface area contributed by atoms with Crippen LogP contribution in [0.2, 0.25) is 0 Å². The minimum absolute atomic E-state index is 0.0725. The summed E-state index contributed by atoms with van der Waals surface area (Å²) >= 11 is 0.704. The lowest BCUT2D eigenvalue weighted by molar-refractivity contribution is -0.380. The number of esters is 1. The molecule has 152 valence electrons. The number of amides is 1. The number of aromatic nitrogens is 1. The SMILES string of the molecule is CCn1c2ccccc2c2cc(NC(=O)COC(=O)c3ccc([N+](=O)[O-])s3)ccc21. The molecule has 0 saturated heterocycles. The fourth-order valence-electron chi connectivity index (χ4n) is 3.41. The molecule has 1 N–H and O–H groups in total. The fraction of sp³-hybridized carbons (Fsp3) is 0.143. The first-order valence-electron chi connectivity index (χ1n) is 9.20. The van der Waals surface area contributed by atoms with E-state index in [1.165, 1.54) is 12.1 Å². The van der Waals surface area contributed by atoms with Crippen molar-refractivity contribution in [1.82, 2.24) is 4.57 Å². The topological polar surface area (TPSA) is 103 Å². The molecule has 4 aromatic rings. The van der Waals surface area contributed by atoms with Gasteiger partial charge in [0.1, 0.15) is 4.88 Å². The smallest absolute Gasteiger partial charge is 0.349 e. The Morgan fingerprint density at radius 1 is 1.10 bits per heavy atom. The lowest BCUT2D eigenvalue weighted by atomic mass is 10.1. The molecule has 0 radical (unpaired) electrons. The van der Waals surface area contributed by atoms with Crippen LogP contribution in [0.15, 0.2) is 54.6 Å². The molecule has 0 fully saturated rings. The van der Waals surface area contributed by atoms with Gasteiger partial charge in [-0.05, 0) is 37.3 Å². The van der Waals surface area contributed by atoms with Crippen LogP contribution in [0.1, 0.15) is 16.6 Å². The largest absolute Gasteiger partial charge is 0.451 e. The molecule has 4 rings (SSSR count). The molecular formula is C21H17N3O5S. The van der Waals surface area contributed by atoms with Gasteiger partial charge < -0.3 is 14.6 Å². The number of hydrogen-bond acceptors (Lipinski definition) is 6. The Balaban J connectivity index is 1.47. The number of carbonyl (C=O) groups is 2. The summed E-state index contributed by atoms with van der Waals surface area (Å²) in [6.07, 6.45) is 0. The van der Waals surface area contributed by atoms with E-state index in [4.69, 9.17) is 4.74 Å². The van der Waals surface area contributed by atoms with E-state index in [1.54, 1.807) is 6.07 Å². The molecule has 0 spiro atoms. The average molecular weight is 423 g/mol. The molecule has 30 heavy (non-hydrogen) atoms. The van der Waals surface area contributed by atoms with Crippen LogP contribution in [0.3, 0.4) is 0 Å². The minimum atomic E-state index is -0.773. The van der Waals surface area contributed by atoms with Gasteiger partial charge in [-0.25, -0.2) is 4.79 Å². The molecule has 0 aliphatic rings. The van der Waals surface area contributed by atoms with Crippen molar-refractivity contribution < 1.29 is 19.2 Å². The van der Waals surface area contributed by atoms with Crippen molar-refractivity contribution in [3.05, 3.63) is 69.6 Å². The number of nitrogens with zero attached hydrogens (tertiary/aromatic N) is 2. The van der Waals surface area contributed by atoms with Gasteiger partial charge in [-0.3, -0.25) is 14.9 Å². The highest BCUT2D eigenvalue weighted by Gasteiger charge is 2.18. The quantitative estimate of drug-likeness (QED) is 0.278. The first kappa shape index (κ1) is 19.6. The predicted molar refractivity (Wildman–Crippen MR) is 115 cm³/mol. The van der Waals surface area contributed by atoms with Crippen LogP contribution in [0.4, 0.5) is 10.7 Å². The molecular weight excluding hydrogens is 406 g/mol. The number of carbonyl (C=O) groups excluding carboxylic acids is 2. The van der Waals surface area contributed by atoms with Crippen LogP contribution in [-0.2, 0) is 16.1 Å². The van der Waals surface area contributed by atoms with Crippen LogP contribution in [-0.4, -0.2) is 28.0 Å². The number of para-hydroxylation sites is 1. The second kappa shape index (κ2) is 7.96. The third-order valence-corrected chi connectivity index (χ3v) is 5.70. The number of nitrogens with one attached hydrogen (secondary N) is 1. The number of thiophene rings is 1. The van der Waals surface area contributed by atoms with E-state index in [1.807, 2.05) is 30.3 Å². The van der Waals surface area contributed by atoms with Crippen molar-refractivity contribution in [3.63, 3.8) is 0 Å². The summed E-state index contributed by atoms with van der Waals surface area (Å²) in [4.78, 5) is 34.4. The summed E-state index contributed by atoms with van der Waals surface area (Å²) in [5.41, 5.74) is 2.79. The van der Waals surface area contributed by atoms with Gasteiger partial charge in [0.15, 0.2) is 6.61 Å². The third-order valence-electron chi connectivity index (χ3n) is 4.68. The van der Waals surface area contributed by atoms with Gasteiger partial charge in [0, 0.05) is 40.1 Å². The van der Waals surface area contributed by atoms with Gasteiger partial charge >= 0.3 is 11.0 Å². The molecule has 0 aliphatic carbocycles. The Morgan fingerprint density at radius 2 is 1.87 bits per heavy atom. The standard InChI is InChI=1S/C21H17N3O5S/c1-2-23-16-6-4-3-5-14(16)15-11-13(7-8-17(15)23)22-19(25)12-29-21(26)18-9-10-20(30-18)24(27)28/h3-11H,2,12H2,1H3,(H,22,25). The maximum atomic E-state index is 12.2. The Kier molecular flexibility index (Phi) is 5.20. The number of anilines is 1. The molecule has 0 unspecified atom stereocenters. The van der Waals surface area contributed by atoms with E-state index < -0.39 is 23.4 Å². The van der Waals surface area contributed by atoms with Crippen LogP contribution < -0.4 is 5.32 Å². The molecule has 1 amide bonds. The van der Waals surface area contributed by atoms with Gasteiger partial charge in [0.05, 0.1) is 4.92 Å². The lowest BCUT2D eigenvalue weighted by Gasteiger charge is -2.07. The molecule has 2 aromatic carbocycles. The monoisotopic (exact) mass is 423 g/mol. The molecule has 0 bridgehead atoms. The van der Waals surface area contributed by atoms with Gasteiger partial charge in [-0.2, -0.15) is 0 Å². The number of fused-ring (bicyclic) bond motifs is 3. The van der Waals surface area contributed by atoms with Crippen molar-refractivity contribution in [3.8, 4) is 0 Å². The van der Waals surface area contributed by atoms with Crippen molar-refractivity contribution in [2.45, 2.75) is 13.5 Å². The van der Waals surface area contributed by atoms with Crippen molar-refractivity contribution >= 4 is 55.7 Å². The van der Waals surface area contributed by atoms with E-state index in [9.17, 15) is 19.7 Å². The van der Waals surface area contributed by atoms with E-state index in [2.05, 4.69) is 22.9 Å². The Morgan fingerprint density at radius 3 is 2.60 bits per heavy atom. The molecule has 2 aromatic heterocycles. The molecule has 2 heterocycles. The third kappa shape index (κ3) is 3.62. The van der Waals surface area contributed by atoms with Gasteiger partial charge in [-0.15, -0.1) is 0 Å². The number of ether oxygens (including phenoxy) is 1. The zero-order chi connectivity index (χ0) is 21.3. The van der Waals surface area contributed by atoms with Crippen LogP contribution in [0.5, 0.6) is 0 Å². The number of benzene rings is 2. The summed E-state index contributed by atoms with van der Waals surface area (Å²) in [6.45, 7) is 2.42. The van der Waals surface area contributed by atoms with E-state index in [-0.39, 0.29) is 9.88 Å². The fourth-order valence-corrected chi connectivity index (χ4v) is 4.12. The zero-order valence-electron chi connectivity index (χ0n) is 16.0. The predicted octanol–water partition coefficient (Wildman–Crippen LogP) is 4.58. The Labute approximate surface area is 174 Å². The van der Waals surface area contributed by atoms with Crippen molar-refractivity contribution in [2.75, 3.05) is 11.9 Å². The van der Waals surface area contributed by atoms with Gasteiger partial charge in [-0.1, -0.05) is 29.5 Å². The maximum Gasteiger partial charge on any atom is 0.349 e. The summed E-state index contributed by atoms with van der Waals surface area (Å²) in [6, 6.07) is 16.2. The highest BCUT2D eigenvalue weighted by Crippen LogP contribution is 2.31. The second-order valence-electron chi connectivity index (χ2n) is 6.51. The number of hydrogen-bond donors (Lipinski definition) is 1. The second-order valence-corrected chi connectivity index (χ2v) is 7.57. The first-order chi connectivity index (χ1) is 14.5. The van der Waals surface area contributed by atoms with Gasteiger partial charge in [0.25, 0.3) is 5.91 Å². The maximum absolute atomic E-state index is 12.2. The summed E-state index contributed by atoms with van der Waals surface area (Å²) in [5, 5.41) is 15.4. The molecule has 9 heteroatoms. The Hall–Kier alpha value is -3.72. The lowest BCUT2D eigenvalue weighted by Crippen LogP contribution is -2.20. The number of aryl methyl sites for hydroxylation is 1. The number of nitro groups is 1. The van der Waals surface area contributed by atoms with Gasteiger partial charge in [0.2, 0.25) is 0 Å². The highest BCUT2D eigenvalue weighted by molar-refractivity contribution is 7.17. The average Bonchev–Trinajstić information content (AvgIpc) is 3.35. The van der Waals surface area contributed by atoms with Crippen LogP contribution in [0.25, 0.3) is 21.8 Å². The van der Waals surface area contributed by atoms with E-state index in [0.717, 1.165) is 28.4 Å². The van der Waals surface area contributed by atoms with Crippen LogP contribution >= 0.6 is 11.3 Å². The van der Waals surface area contributed by atoms with Crippen molar-refractivity contribution in [1.29, 1.82) is 0 Å². The van der Waals surface area contributed by atoms with Crippen molar-refractivity contribution in [2.24, 2.45) is 0 Å². The summed E-state index contributed by atoms with van der Waals surface area (Å²) in [5.74, 6) is -1.27. The normalized spacial score (nSPS) is 11.0. The van der Waals surface area contributed by atoms with E-state index in [0.29, 0.717) is 17.0 Å². The Bertz CT molecular complexity index is 1290. The summed E-state index contributed by atoms with van der Waals surface area (Å²) < 4.78 is 7.17. The van der Waals surface area contributed by atoms with Crippen LogP contribution in [0, 0.1) is 10.1 Å². The first-order valence-corrected chi connectivity index (χ1v) is 10.0. The molecule has 8 nitrogen and oxygen atoms in total. The van der Waals surface area contributed by atoms with E-state index >= 15 is 0 Å². The summed E-state index contributed by atoms with van der Waals surface area (Å²) in [7, 11) is 0. The number of rotatable bonds is 6.